The van der Waals surface area contributed by atoms with Gasteiger partial charge in [-0.3, -0.25) is 14.6 Å². The number of hydrogen-bond donors (Lipinski definition) is 2. The summed E-state index contributed by atoms with van der Waals surface area (Å²) in [6, 6.07) is 7.92. The Balaban J connectivity index is 1.79. The fourth-order valence-electron chi connectivity index (χ4n) is 2.56. The quantitative estimate of drug-likeness (QED) is 0.693. The van der Waals surface area contributed by atoms with E-state index >= 15 is 0 Å². The molecule has 1 amide bonds. The van der Waals surface area contributed by atoms with Crippen molar-refractivity contribution in [3.8, 4) is 0 Å². The monoisotopic (exact) mass is 397 g/mol. The van der Waals surface area contributed by atoms with Crippen molar-refractivity contribution in [3.63, 3.8) is 0 Å². The van der Waals surface area contributed by atoms with E-state index in [1.807, 2.05) is 17.2 Å². The maximum atomic E-state index is 12.6. The highest BCUT2D eigenvalue weighted by Crippen LogP contribution is 2.28. The minimum absolute atomic E-state index is 0.355. The molecule has 2 aromatic heterocycles. The minimum atomic E-state index is -4.60. The Bertz CT molecular complexity index is 976. The smallest absolute Gasteiger partial charge is 0.317 e. The molecular weight excluding hydrogens is 383 g/mol. The maximum absolute atomic E-state index is 12.6. The van der Waals surface area contributed by atoms with Crippen LogP contribution in [0.5, 0.6) is 0 Å². The SMILES string of the molecule is Cc1nn(Cc2ccc(Cl)cc2)c(C)c1NC(=O)c1cc(C(F)(F)F)[nH]n1. The number of rotatable bonds is 4. The Morgan fingerprint density at radius 2 is 1.93 bits per heavy atom. The van der Waals surface area contributed by atoms with Gasteiger partial charge in [0.2, 0.25) is 0 Å². The van der Waals surface area contributed by atoms with E-state index in [9.17, 15) is 18.0 Å². The summed E-state index contributed by atoms with van der Waals surface area (Å²) in [6.07, 6.45) is -4.60. The Morgan fingerprint density at radius 3 is 2.52 bits per heavy atom. The highest BCUT2D eigenvalue weighted by Gasteiger charge is 2.34. The molecule has 2 heterocycles. The van der Waals surface area contributed by atoms with E-state index in [4.69, 9.17) is 11.6 Å². The lowest BCUT2D eigenvalue weighted by Gasteiger charge is -2.07. The van der Waals surface area contributed by atoms with E-state index < -0.39 is 17.8 Å². The molecular formula is C17H15ClF3N5O. The molecule has 0 saturated carbocycles. The third-order valence-electron chi connectivity index (χ3n) is 3.98. The van der Waals surface area contributed by atoms with Gasteiger partial charge in [0.1, 0.15) is 5.69 Å². The first-order valence-corrected chi connectivity index (χ1v) is 8.25. The molecule has 0 aliphatic carbocycles. The van der Waals surface area contributed by atoms with Crippen LogP contribution in [0.4, 0.5) is 18.9 Å². The number of benzene rings is 1. The van der Waals surface area contributed by atoms with E-state index in [-0.39, 0.29) is 5.69 Å². The highest BCUT2D eigenvalue weighted by atomic mass is 35.5. The van der Waals surface area contributed by atoms with Crippen molar-refractivity contribution >= 4 is 23.2 Å². The first kappa shape index (κ1) is 19.0. The van der Waals surface area contributed by atoms with Crippen molar-refractivity contribution in [2.24, 2.45) is 0 Å². The molecule has 0 bridgehead atoms. The molecule has 0 fully saturated rings. The van der Waals surface area contributed by atoms with Gasteiger partial charge in [-0.05, 0) is 31.5 Å². The average Bonchev–Trinajstić information content (AvgIpc) is 3.18. The Morgan fingerprint density at radius 1 is 1.26 bits per heavy atom. The molecule has 3 aromatic rings. The van der Waals surface area contributed by atoms with Gasteiger partial charge < -0.3 is 5.32 Å². The second-order valence-corrected chi connectivity index (χ2v) is 6.39. The van der Waals surface area contributed by atoms with Crippen LogP contribution in [0.2, 0.25) is 5.02 Å². The topological polar surface area (TPSA) is 75.6 Å². The predicted octanol–water partition coefficient (Wildman–Crippen LogP) is 4.20. The van der Waals surface area contributed by atoms with Gasteiger partial charge in [0, 0.05) is 11.1 Å². The summed E-state index contributed by atoms with van der Waals surface area (Å²) in [7, 11) is 0. The molecule has 0 aliphatic rings. The van der Waals surface area contributed by atoms with E-state index in [0.29, 0.717) is 34.7 Å². The highest BCUT2D eigenvalue weighted by molar-refractivity contribution is 6.30. The standard InChI is InChI=1S/C17H15ClF3N5O/c1-9-15(22-16(27)13-7-14(24-23-13)17(19,20)21)10(2)26(25-9)8-11-3-5-12(18)6-4-11/h3-7H,8H2,1-2H3,(H,22,27)(H,23,24). The average molecular weight is 398 g/mol. The number of aromatic amines is 1. The number of hydrogen-bond acceptors (Lipinski definition) is 3. The molecule has 0 aliphatic heterocycles. The molecule has 2 N–H and O–H groups in total. The van der Waals surface area contributed by atoms with Gasteiger partial charge in [-0.2, -0.15) is 23.4 Å². The largest absolute Gasteiger partial charge is 0.432 e. The summed E-state index contributed by atoms with van der Waals surface area (Å²) in [5.74, 6) is -0.751. The van der Waals surface area contributed by atoms with Crippen LogP contribution in [0.1, 0.15) is 33.1 Å². The second kappa shape index (κ2) is 7.07. The van der Waals surface area contributed by atoms with Crippen LogP contribution in [-0.4, -0.2) is 25.9 Å². The van der Waals surface area contributed by atoms with Gasteiger partial charge >= 0.3 is 6.18 Å². The fourth-order valence-corrected chi connectivity index (χ4v) is 2.68. The van der Waals surface area contributed by atoms with Crippen LogP contribution >= 0.6 is 11.6 Å². The maximum Gasteiger partial charge on any atom is 0.432 e. The van der Waals surface area contributed by atoms with E-state index in [0.717, 1.165) is 5.56 Å². The third-order valence-corrected chi connectivity index (χ3v) is 4.23. The zero-order chi connectivity index (χ0) is 19.8. The molecule has 6 nitrogen and oxygen atoms in total. The van der Waals surface area contributed by atoms with Gasteiger partial charge in [-0.1, -0.05) is 23.7 Å². The van der Waals surface area contributed by atoms with Crippen molar-refractivity contribution in [2.45, 2.75) is 26.6 Å². The number of halogens is 4. The zero-order valence-corrected chi connectivity index (χ0v) is 15.1. The van der Waals surface area contributed by atoms with Gasteiger partial charge in [-0.25, -0.2) is 0 Å². The number of H-pyrrole nitrogens is 1. The first-order valence-electron chi connectivity index (χ1n) is 7.87. The van der Waals surface area contributed by atoms with Crippen molar-refractivity contribution in [1.29, 1.82) is 0 Å². The summed E-state index contributed by atoms with van der Waals surface area (Å²) in [4.78, 5) is 12.3. The Kier molecular flexibility index (Phi) is 4.97. The molecule has 1 aromatic carbocycles. The molecule has 10 heteroatoms. The van der Waals surface area contributed by atoms with Crippen molar-refractivity contribution in [3.05, 3.63) is 63.7 Å². The fraction of sp³-hybridized carbons (Fsp3) is 0.235. The summed E-state index contributed by atoms with van der Waals surface area (Å²) in [5.41, 5.74) is 1.17. The number of carbonyl (C=O) groups is 1. The number of amides is 1. The summed E-state index contributed by atoms with van der Waals surface area (Å²) in [6.45, 7) is 3.92. The van der Waals surface area contributed by atoms with Gasteiger partial charge in [0.25, 0.3) is 5.91 Å². The molecule has 0 atom stereocenters. The number of aromatic nitrogens is 4. The van der Waals surface area contributed by atoms with Crippen LogP contribution in [0, 0.1) is 13.8 Å². The summed E-state index contributed by atoms with van der Waals surface area (Å²) >= 11 is 5.87. The van der Waals surface area contributed by atoms with E-state index in [2.05, 4.69) is 15.5 Å². The van der Waals surface area contributed by atoms with E-state index in [1.54, 1.807) is 30.7 Å². The van der Waals surface area contributed by atoms with Crippen molar-refractivity contribution < 1.29 is 18.0 Å². The summed E-state index contributed by atoms with van der Waals surface area (Å²) in [5, 5.41) is 12.8. The van der Waals surface area contributed by atoms with Gasteiger partial charge in [0.05, 0.1) is 23.6 Å². The zero-order valence-electron chi connectivity index (χ0n) is 14.4. The third kappa shape index (κ3) is 4.13. The van der Waals surface area contributed by atoms with Crippen molar-refractivity contribution in [1.82, 2.24) is 20.0 Å². The van der Waals surface area contributed by atoms with Crippen LogP contribution in [0.15, 0.2) is 30.3 Å². The van der Waals surface area contributed by atoms with Crippen LogP contribution < -0.4 is 5.32 Å². The summed E-state index contributed by atoms with van der Waals surface area (Å²) < 4.78 is 39.6. The Labute approximate surface area is 157 Å². The molecule has 0 saturated heterocycles. The number of aryl methyl sites for hydroxylation is 1. The van der Waals surface area contributed by atoms with Gasteiger partial charge in [0.15, 0.2) is 5.69 Å². The van der Waals surface area contributed by atoms with Crippen LogP contribution in [-0.2, 0) is 12.7 Å². The molecule has 0 unspecified atom stereocenters. The molecule has 142 valence electrons. The number of alkyl halides is 3. The molecule has 3 rings (SSSR count). The lowest BCUT2D eigenvalue weighted by molar-refractivity contribution is -0.141. The van der Waals surface area contributed by atoms with Crippen molar-refractivity contribution in [2.75, 3.05) is 5.32 Å². The Hall–Kier alpha value is -2.81. The number of anilines is 1. The predicted molar refractivity (Wildman–Crippen MR) is 93.8 cm³/mol. The molecule has 0 spiro atoms. The number of nitrogens with one attached hydrogen (secondary N) is 2. The molecule has 27 heavy (non-hydrogen) atoms. The number of nitrogens with zero attached hydrogens (tertiary/aromatic N) is 3. The van der Waals surface area contributed by atoms with E-state index in [1.165, 1.54) is 0 Å². The normalized spacial score (nSPS) is 11.6. The van der Waals surface area contributed by atoms with Crippen LogP contribution in [0.25, 0.3) is 0 Å². The minimum Gasteiger partial charge on any atom is -0.317 e. The number of carbonyl (C=O) groups excluding carboxylic acids is 1. The lowest BCUT2D eigenvalue weighted by atomic mass is 10.2. The second-order valence-electron chi connectivity index (χ2n) is 5.95. The van der Waals surface area contributed by atoms with Gasteiger partial charge in [-0.15, -0.1) is 0 Å². The van der Waals surface area contributed by atoms with Crippen LogP contribution in [0.3, 0.4) is 0 Å². The lowest BCUT2D eigenvalue weighted by Crippen LogP contribution is -2.14. The molecule has 0 radical (unpaired) electrons. The first-order chi connectivity index (χ1) is 12.6.